The number of carbonyl (C=O) groups excluding carboxylic acids is 2. The van der Waals surface area contributed by atoms with Gasteiger partial charge < -0.3 is 25.7 Å². The van der Waals surface area contributed by atoms with E-state index in [1.165, 1.54) is 4.90 Å². The first-order valence-corrected chi connectivity index (χ1v) is 6.69. The molecule has 0 aromatic carbocycles. The Balaban J connectivity index is 2.16. The predicted octanol–water partition coefficient (Wildman–Crippen LogP) is -1.03. The summed E-state index contributed by atoms with van der Waals surface area (Å²) in [5, 5.41) is 18.7. The first kappa shape index (κ1) is 14.6. The molecule has 2 aliphatic heterocycles. The maximum absolute atomic E-state index is 12.4. The third-order valence-electron chi connectivity index (χ3n) is 3.89. The molecule has 1 unspecified atom stereocenters. The molecule has 0 spiro atoms. The molecule has 4 N–H and O–H groups in total. The molecule has 2 fully saturated rings. The summed E-state index contributed by atoms with van der Waals surface area (Å²) in [5.41, 5.74) is 5.30. The topological polar surface area (TPSA) is 124 Å². The number of rotatable bonds is 2. The monoisotopic (exact) mass is 285 g/mol. The summed E-state index contributed by atoms with van der Waals surface area (Å²) < 4.78 is 0. The molecule has 0 aromatic rings. The van der Waals surface area contributed by atoms with Gasteiger partial charge in [0.25, 0.3) is 0 Å². The second-order valence-electron chi connectivity index (χ2n) is 5.29. The fourth-order valence-electron chi connectivity index (χ4n) is 2.88. The number of primary amides is 1. The van der Waals surface area contributed by atoms with E-state index in [0.29, 0.717) is 13.0 Å². The van der Waals surface area contributed by atoms with Crippen LogP contribution in [-0.2, 0) is 9.59 Å². The van der Waals surface area contributed by atoms with Crippen molar-refractivity contribution in [2.75, 3.05) is 13.1 Å². The minimum absolute atomic E-state index is 0.0101. The molecule has 0 saturated carbocycles. The lowest BCUT2D eigenvalue weighted by Gasteiger charge is -2.37. The number of carbonyl (C=O) groups is 3. The molecule has 0 radical (unpaired) electrons. The fourth-order valence-corrected chi connectivity index (χ4v) is 2.88. The number of urea groups is 1. The number of nitrogens with two attached hydrogens (primary N) is 1. The maximum atomic E-state index is 12.4. The van der Waals surface area contributed by atoms with E-state index in [2.05, 4.69) is 0 Å². The summed E-state index contributed by atoms with van der Waals surface area (Å²) in [4.78, 5) is 37.5. The Bertz CT molecular complexity index is 407. The van der Waals surface area contributed by atoms with Crippen LogP contribution in [0.3, 0.4) is 0 Å². The van der Waals surface area contributed by atoms with Gasteiger partial charge in [0.1, 0.15) is 12.1 Å². The van der Waals surface area contributed by atoms with E-state index in [0.717, 1.165) is 17.7 Å². The normalized spacial score (nSPS) is 30.4. The number of carboxylic acid groups (broad SMARTS) is 1. The van der Waals surface area contributed by atoms with E-state index in [-0.39, 0.29) is 13.0 Å². The van der Waals surface area contributed by atoms with Crippen LogP contribution in [-0.4, -0.2) is 69.2 Å². The second kappa shape index (κ2) is 5.66. The number of hydrogen-bond acceptors (Lipinski definition) is 4. The number of carboxylic acids is 1. The molecule has 8 nitrogen and oxygen atoms in total. The molecule has 2 heterocycles. The van der Waals surface area contributed by atoms with E-state index < -0.39 is 36.1 Å². The average molecular weight is 285 g/mol. The third kappa shape index (κ3) is 2.69. The van der Waals surface area contributed by atoms with Crippen LogP contribution < -0.4 is 5.73 Å². The summed E-state index contributed by atoms with van der Waals surface area (Å²) >= 11 is 0. The van der Waals surface area contributed by atoms with Gasteiger partial charge in [-0.1, -0.05) is 0 Å². The quantitative estimate of drug-likeness (QED) is 0.598. The highest BCUT2D eigenvalue weighted by Gasteiger charge is 2.43. The molecule has 0 aromatic heterocycles. The van der Waals surface area contributed by atoms with Crippen molar-refractivity contribution in [2.24, 2.45) is 5.73 Å². The van der Waals surface area contributed by atoms with Crippen LogP contribution >= 0.6 is 0 Å². The summed E-state index contributed by atoms with van der Waals surface area (Å²) in [6.45, 7) is 0.350. The second-order valence-corrected chi connectivity index (χ2v) is 5.29. The molecule has 0 bridgehead atoms. The fraction of sp³-hybridized carbons (Fsp3) is 0.750. The Morgan fingerprint density at radius 2 is 1.80 bits per heavy atom. The molecule has 2 rings (SSSR count). The van der Waals surface area contributed by atoms with Crippen molar-refractivity contribution in [3.63, 3.8) is 0 Å². The largest absolute Gasteiger partial charge is 0.480 e. The van der Waals surface area contributed by atoms with Gasteiger partial charge in [-0.25, -0.2) is 9.59 Å². The standard InChI is InChI=1S/C12H19N3O5/c13-10(17)8-3-1-2-4-14(8)12(20)15-6-7(16)5-9(15)11(18)19/h7-9,16H,1-6H2,(H2,13,17)(H,18,19)/t7-,8?,9-/m1/s1. The van der Waals surface area contributed by atoms with Crippen molar-refractivity contribution in [3.05, 3.63) is 0 Å². The van der Waals surface area contributed by atoms with Gasteiger partial charge in [-0.05, 0) is 19.3 Å². The van der Waals surface area contributed by atoms with E-state index >= 15 is 0 Å². The lowest BCUT2D eigenvalue weighted by molar-refractivity contribution is -0.141. The van der Waals surface area contributed by atoms with Crippen molar-refractivity contribution < 1.29 is 24.6 Å². The highest BCUT2D eigenvalue weighted by Crippen LogP contribution is 2.24. The van der Waals surface area contributed by atoms with Gasteiger partial charge in [-0.2, -0.15) is 0 Å². The van der Waals surface area contributed by atoms with Crippen LogP contribution in [0.1, 0.15) is 25.7 Å². The van der Waals surface area contributed by atoms with E-state index in [1.54, 1.807) is 0 Å². The molecule has 0 aliphatic carbocycles. The first-order valence-electron chi connectivity index (χ1n) is 6.69. The van der Waals surface area contributed by atoms with Gasteiger partial charge >= 0.3 is 12.0 Å². The van der Waals surface area contributed by atoms with Gasteiger partial charge in [-0.15, -0.1) is 0 Å². The van der Waals surface area contributed by atoms with Crippen LogP contribution in [0.5, 0.6) is 0 Å². The summed E-state index contributed by atoms with van der Waals surface area (Å²) in [5.74, 6) is -1.73. The maximum Gasteiger partial charge on any atom is 0.326 e. The molecular weight excluding hydrogens is 266 g/mol. The number of aliphatic hydroxyl groups excluding tert-OH is 1. The van der Waals surface area contributed by atoms with Crippen LogP contribution in [0.2, 0.25) is 0 Å². The number of β-amino-alcohol motifs (C(OH)–C–C–N with tert-alkyl or cyclic N) is 1. The number of amides is 3. The van der Waals surface area contributed by atoms with Crippen molar-refractivity contribution in [1.29, 1.82) is 0 Å². The highest BCUT2D eigenvalue weighted by atomic mass is 16.4. The lowest BCUT2D eigenvalue weighted by Crippen LogP contribution is -2.56. The summed E-state index contributed by atoms with van der Waals surface area (Å²) in [7, 11) is 0. The highest BCUT2D eigenvalue weighted by molar-refractivity contribution is 5.88. The zero-order valence-electron chi connectivity index (χ0n) is 11.1. The van der Waals surface area contributed by atoms with Gasteiger partial charge in [0, 0.05) is 19.5 Å². The summed E-state index contributed by atoms with van der Waals surface area (Å²) in [6.07, 6.45) is 1.22. The van der Waals surface area contributed by atoms with Gasteiger partial charge in [0.05, 0.1) is 6.10 Å². The predicted molar refractivity (Wildman–Crippen MR) is 67.7 cm³/mol. The Kier molecular flexibility index (Phi) is 4.12. The van der Waals surface area contributed by atoms with Gasteiger partial charge in [-0.3, -0.25) is 4.79 Å². The number of aliphatic hydroxyl groups is 1. The van der Waals surface area contributed by atoms with E-state index in [1.807, 2.05) is 0 Å². The molecule has 3 atom stereocenters. The smallest absolute Gasteiger partial charge is 0.326 e. The first-order chi connectivity index (χ1) is 9.41. The Labute approximate surface area is 116 Å². The lowest BCUT2D eigenvalue weighted by atomic mass is 10.0. The number of aliphatic carboxylic acids is 1. The minimum Gasteiger partial charge on any atom is -0.480 e. The SMILES string of the molecule is NC(=O)C1CCCCN1C(=O)N1C[C@H](O)C[C@@H]1C(=O)O. The van der Waals surface area contributed by atoms with Crippen molar-refractivity contribution in [3.8, 4) is 0 Å². The zero-order valence-corrected chi connectivity index (χ0v) is 11.1. The van der Waals surface area contributed by atoms with Crippen molar-refractivity contribution >= 4 is 17.9 Å². The van der Waals surface area contributed by atoms with Crippen LogP contribution in [0.4, 0.5) is 4.79 Å². The number of piperidine rings is 1. The Morgan fingerprint density at radius 1 is 1.10 bits per heavy atom. The molecule has 2 saturated heterocycles. The molecule has 112 valence electrons. The molecule has 3 amide bonds. The molecule has 8 heteroatoms. The number of nitrogens with zero attached hydrogens (tertiary/aromatic N) is 2. The number of likely N-dealkylation sites (tertiary alicyclic amines) is 2. The minimum atomic E-state index is -1.15. The molecule has 20 heavy (non-hydrogen) atoms. The third-order valence-corrected chi connectivity index (χ3v) is 3.89. The van der Waals surface area contributed by atoms with Crippen LogP contribution in [0.15, 0.2) is 0 Å². The van der Waals surface area contributed by atoms with E-state index in [4.69, 9.17) is 10.8 Å². The molecular formula is C12H19N3O5. The van der Waals surface area contributed by atoms with Crippen molar-refractivity contribution in [2.45, 2.75) is 43.9 Å². The van der Waals surface area contributed by atoms with E-state index in [9.17, 15) is 19.5 Å². The molecule has 2 aliphatic rings. The Morgan fingerprint density at radius 3 is 2.40 bits per heavy atom. The van der Waals surface area contributed by atoms with Gasteiger partial charge in [0.15, 0.2) is 0 Å². The Hall–Kier alpha value is -1.83. The van der Waals surface area contributed by atoms with Crippen molar-refractivity contribution in [1.82, 2.24) is 9.80 Å². The zero-order chi connectivity index (χ0) is 14.9. The number of hydrogen-bond donors (Lipinski definition) is 3. The van der Waals surface area contributed by atoms with Gasteiger partial charge in [0.2, 0.25) is 5.91 Å². The van der Waals surface area contributed by atoms with Crippen LogP contribution in [0, 0.1) is 0 Å². The summed E-state index contributed by atoms with van der Waals surface area (Å²) in [6, 6.07) is -2.27. The van der Waals surface area contributed by atoms with Crippen LogP contribution in [0.25, 0.3) is 0 Å². The average Bonchev–Trinajstić information content (AvgIpc) is 2.80.